The smallest absolute Gasteiger partial charge is 0.277 e. The average molecular weight is 456 g/mol. The van der Waals surface area contributed by atoms with Crippen molar-refractivity contribution < 1.29 is 14.3 Å². The van der Waals surface area contributed by atoms with Gasteiger partial charge in [0.05, 0.1) is 16.3 Å². The van der Waals surface area contributed by atoms with Gasteiger partial charge in [-0.1, -0.05) is 53.5 Å². The molecule has 3 aromatic carbocycles. The van der Waals surface area contributed by atoms with E-state index in [1.807, 2.05) is 18.2 Å². The Kier molecular flexibility index (Phi) is 7.65. The van der Waals surface area contributed by atoms with Crippen LogP contribution in [-0.4, -0.2) is 24.1 Å². The Balaban J connectivity index is 1.54. The highest BCUT2D eigenvalue weighted by molar-refractivity contribution is 6.37. The summed E-state index contributed by atoms with van der Waals surface area (Å²) in [5.74, 6) is -0.103. The van der Waals surface area contributed by atoms with Gasteiger partial charge in [-0.3, -0.25) is 9.59 Å². The first-order valence-corrected chi connectivity index (χ1v) is 10.1. The largest absolute Gasteiger partial charge is 0.484 e. The SMILES string of the molecule is CC(=NNC(=O)COc1ccccc1)c1ccc(NC(=O)c2ccc(Cl)cc2Cl)cc1. The van der Waals surface area contributed by atoms with Crippen LogP contribution in [0.1, 0.15) is 22.8 Å². The van der Waals surface area contributed by atoms with E-state index >= 15 is 0 Å². The fourth-order valence-corrected chi connectivity index (χ4v) is 3.07. The highest BCUT2D eigenvalue weighted by Crippen LogP contribution is 2.22. The summed E-state index contributed by atoms with van der Waals surface area (Å²) in [7, 11) is 0. The summed E-state index contributed by atoms with van der Waals surface area (Å²) in [6.07, 6.45) is 0. The molecule has 6 nitrogen and oxygen atoms in total. The van der Waals surface area contributed by atoms with Crippen molar-refractivity contribution in [3.05, 3.63) is 94.0 Å². The van der Waals surface area contributed by atoms with Gasteiger partial charge < -0.3 is 10.1 Å². The number of para-hydroxylation sites is 1. The van der Waals surface area contributed by atoms with E-state index in [1.54, 1.807) is 55.5 Å². The molecule has 31 heavy (non-hydrogen) atoms. The van der Waals surface area contributed by atoms with Gasteiger partial charge in [-0.15, -0.1) is 0 Å². The van der Waals surface area contributed by atoms with Crippen molar-refractivity contribution in [1.29, 1.82) is 0 Å². The minimum absolute atomic E-state index is 0.140. The lowest BCUT2D eigenvalue weighted by molar-refractivity contribution is -0.123. The third-order valence-electron chi connectivity index (χ3n) is 4.20. The van der Waals surface area contributed by atoms with Crippen LogP contribution >= 0.6 is 23.2 Å². The van der Waals surface area contributed by atoms with Crippen LogP contribution in [0.25, 0.3) is 0 Å². The number of anilines is 1. The zero-order chi connectivity index (χ0) is 22.2. The average Bonchev–Trinajstić information content (AvgIpc) is 2.77. The molecule has 0 unspecified atom stereocenters. The van der Waals surface area contributed by atoms with Gasteiger partial charge in [0.1, 0.15) is 5.75 Å². The molecule has 0 aliphatic rings. The number of ether oxygens (including phenoxy) is 1. The minimum Gasteiger partial charge on any atom is -0.484 e. The Morgan fingerprint density at radius 3 is 2.35 bits per heavy atom. The van der Waals surface area contributed by atoms with Gasteiger partial charge >= 0.3 is 0 Å². The lowest BCUT2D eigenvalue weighted by Crippen LogP contribution is -2.25. The zero-order valence-electron chi connectivity index (χ0n) is 16.6. The van der Waals surface area contributed by atoms with E-state index in [2.05, 4.69) is 15.8 Å². The lowest BCUT2D eigenvalue weighted by Gasteiger charge is -2.08. The Hall–Kier alpha value is -3.35. The van der Waals surface area contributed by atoms with Crippen molar-refractivity contribution in [2.24, 2.45) is 5.10 Å². The molecule has 0 aromatic heterocycles. The second-order valence-corrected chi connectivity index (χ2v) is 7.33. The van der Waals surface area contributed by atoms with Gasteiger partial charge in [-0.25, -0.2) is 5.43 Å². The number of carbonyl (C=O) groups is 2. The second-order valence-electron chi connectivity index (χ2n) is 6.49. The molecule has 0 fully saturated rings. The fourth-order valence-electron chi connectivity index (χ4n) is 2.58. The molecule has 0 atom stereocenters. The Bertz CT molecular complexity index is 1100. The summed E-state index contributed by atoms with van der Waals surface area (Å²) in [4.78, 5) is 24.3. The molecular formula is C23H19Cl2N3O3. The monoisotopic (exact) mass is 455 g/mol. The Morgan fingerprint density at radius 1 is 0.968 bits per heavy atom. The van der Waals surface area contributed by atoms with Crippen molar-refractivity contribution in [2.75, 3.05) is 11.9 Å². The normalized spacial score (nSPS) is 11.0. The summed E-state index contributed by atoms with van der Waals surface area (Å²) in [5, 5.41) is 7.59. The number of carbonyl (C=O) groups excluding carboxylic acids is 2. The number of hydrogen-bond acceptors (Lipinski definition) is 4. The third kappa shape index (κ3) is 6.57. The first-order valence-electron chi connectivity index (χ1n) is 9.30. The number of nitrogens with one attached hydrogen (secondary N) is 2. The number of hydrazone groups is 1. The van der Waals surface area contributed by atoms with Crippen molar-refractivity contribution >= 4 is 46.4 Å². The van der Waals surface area contributed by atoms with E-state index in [4.69, 9.17) is 27.9 Å². The molecule has 0 radical (unpaired) electrons. The van der Waals surface area contributed by atoms with E-state index < -0.39 is 0 Å². The summed E-state index contributed by atoms with van der Waals surface area (Å²) < 4.78 is 5.37. The molecule has 0 saturated heterocycles. The first kappa shape index (κ1) is 22.3. The molecule has 0 aliphatic carbocycles. The third-order valence-corrected chi connectivity index (χ3v) is 4.75. The van der Waals surface area contributed by atoms with E-state index in [1.165, 1.54) is 6.07 Å². The van der Waals surface area contributed by atoms with Crippen LogP contribution < -0.4 is 15.5 Å². The maximum Gasteiger partial charge on any atom is 0.277 e. The number of rotatable bonds is 7. The van der Waals surface area contributed by atoms with Crippen LogP contribution in [0.15, 0.2) is 77.9 Å². The number of amides is 2. The fraction of sp³-hybridized carbons (Fsp3) is 0.0870. The van der Waals surface area contributed by atoms with Crippen molar-refractivity contribution in [3.63, 3.8) is 0 Å². The summed E-state index contributed by atoms with van der Waals surface area (Å²) in [5.41, 5.74) is 4.76. The molecule has 0 bridgehead atoms. The summed E-state index contributed by atoms with van der Waals surface area (Å²) in [6.45, 7) is 1.62. The van der Waals surface area contributed by atoms with Crippen LogP contribution in [-0.2, 0) is 4.79 Å². The van der Waals surface area contributed by atoms with Gasteiger partial charge in [0.15, 0.2) is 6.61 Å². The highest BCUT2D eigenvalue weighted by Gasteiger charge is 2.11. The molecule has 158 valence electrons. The van der Waals surface area contributed by atoms with Gasteiger partial charge in [0.25, 0.3) is 11.8 Å². The summed E-state index contributed by atoms with van der Waals surface area (Å²) in [6, 6.07) is 20.8. The van der Waals surface area contributed by atoms with Gasteiger partial charge in [0.2, 0.25) is 0 Å². The minimum atomic E-state index is -0.369. The molecular weight excluding hydrogens is 437 g/mol. The standard InChI is InChI=1S/C23H19Cl2N3O3/c1-15(27-28-22(29)14-31-19-5-3-2-4-6-19)16-7-10-18(11-8-16)26-23(30)20-12-9-17(24)13-21(20)25/h2-13H,14H2,1H3,(H,26,30)(H,28,29). The number of hydrogen-bond donors (Lipinski definition) is 2. The van der Waals surface area contributed by atoms with E-state index in [0.29, 0.717) is 27.7 Å². The molecule has 2 N–H and O–H groups in total. The molecule has 0 aliphatic heterocycles. The van der Waals surface area contributed by atoms with Crippen molar-refractivity contribution in [3.8, 4) is 5.75 Å². The van der Waals surface area contributed by atoms with Crippen LogP contribution in [0.2, 0.25) is 10.0 Å². The maximum atomic E-state index is 12.4. The van der Waals surface area contributed by atoms with E-state index in [9.17, 15) is 9.59 Å². The predicted octanol–water partition coefficient (Wildman–Crippen LogP) is 5.16. The Labute approximate surface area is 189 Å². The topological polar surface area (TPSA) is 79.8 Å². The zero-order valence-corrected chi connectivity index (χ0v) is 18.1. The number of nitrogens with zero attached hydrogens (tertiary/aromatic N) is 1. The molecule has 8 heteroatoms. The lowest BCUT2D eigenvalue weighted by atomic mass is 10.1. The predicted molar refractivity (Wildman–Crippen MR) is 123 cm³/mol. The van der Waals surface area contributed by atoms with Crippen LogP contribution in [0.4, 0.5) is 5.69 Å². The maximum absolute atomic E-state index is 12.4. The van der Waals surface area contributed by atoms with E-state index in [-0.39, 0.29) is 23.4 Å². The van der Waals surface area contributed by atoms with Gasteiger partial charge in [-0.05, 0) is 55.0 Å². The van der Waals surface area contributed by atoms with Crippen LogP contribution in [0, 0.1) is 0 Å². The van der Waals surface area contributed by atoms with E-state index in [0.717, 1.165) is 5.56 Å². The van der Waals surface area contributed by atoms with Crippen LogP contribution in [0.3, 0.4) is 0 Å². The molecule has 2 amide bonds. The first-order chi connectivity index (χ1) is 14.9. The summed E-state index contributed by atoms with van der Waals surface area (Å²) >= 11 is 11.9. The van der Waals surface area contributed by atoms with Crippen molar-refractivity contribution in [2.45, 2.75) is 6.92 Å². The highest BCUT2D eigenvalue weighted by atomic mass is 35.5. The quantitative estimate of drug-likeness (QED) is 0.381. The van der Waals surface area contributed by atoms with Crippen molar-refractivity contribution in [1.82, 2.24) is 5.43 Å². The van der Waals surface area contributed by atoms with Gasteiger partial charge in [-0.2, -0.15) is 5.10 Å². The van der Waals surface area contributed by atoms with Gasteiger partial charge in [0, 0.05) is 10.7 Å². The number of halogens is 2. The molecule has 0 spiro atoms. The number of benzene rings is 3. The molecule has 0 saturated carbocycles. The van der Waals surface area contributed by atoms with Crippen LogP contribution in [0.5, 0.6) is 5.75 Å². The Morgan fingerprint density at radius 2 is 1.68 bits per heavy atom. The molecule has 3 rings (SSSR count). The second kappa shape index (κ2) is 10.6. The molecule has 0 heterocycles. The molecule has 3 aromatic rings.